The van der Waals surface area contributed by atoms with E-state index < -0.39 is 0 Å². The number of pyridine rings is 1. The van der Waals surface area contributed by atoms with Gasteiger partial charge in [-0.25, -0.2) is 9.78 Å². The van der Waals surface area contributed by atoms with E-state index >= 15 is 0 Å². The van der Waals surface area contributed by atoms with E-state index in [0.29, 0.717) is 37.9 Å². The Morgan fingerprint density at radius 2 is 1.84 bits per heavy atom. The van der Waals surface area contributed by atoms with E-state index in [1.165, 1.54) is 19.3 Å². The zero-order valence-electron chi connectivity index (χ0n) is 20.0. The van der Waals surface area contributed by atoms with Gasteiger partial charge in [-0.1, -0.05) is 33.1 Å². The van der Waals surface area contributed by atoms with Gasteiger partial charge in [-0.05, 0) is 44.6 Å². The molecule has 2 atom stereocenters. The number of nitrogens with zero attached hydrogens (tertiary/aromatic N) is 4. The molecule has 0 aromatic carbocycles. The fraction of sp³-hybridized carbons (Fsp3) is 0.720. The van der Waals surface area contributed by atoms with E-state index in [-0.39, 0.29) is 24.0 Å². The molecule has 1 saturated heterocycles. The third-order valence-electron chi connectivity index (χ3n) is 7.21. The summed E-state index contributed by atoms with van der Waals surface area (Å²) in [5.41, 5.74) is 3.92. The van der Waals surface area contributed by atoms with Gasteiger partial charge in [0.25, 0.3) is 0 Å². The van der Waals surface area contributed by atoms with Crippen LogP contribution in [0.15, 0.2) is 0 Å². The number of rotatable bonds is 3. The normalized spacial score (nSPS) is 24.2. The average molecular weight is 440 g/mol. The Morgan fingerprint density at radius 1 is 1.16 bits per heavy atom. The molecule has 7 nitrogen and oxygen atoms in total. The molecule has 2 unspecified atom stereocenters. The number of piperazine rings is 1. The summed E-state index contributed by atoms with van der Waals surface area (Å²) in [5.74, 6) is 1.04. The first-order valence-corrected chi connectivity index (χ1v) is 12.3. The predicted molar refractivity (Wildman–Crippen MR) is 125 cm³/mol. The summed E-state index contributed by atoms with van der Waals surface area (Å²) in [6.07, 6.45) is 6.60. The molecule has 2 amide bonds. The number of nitriles is 1. The van der Waals surface area contributed by atoms with E-state index in [2.05, 4.69) is 44.0 Å². The third kappa shape index (κ3) is 4.43. The van der Waals surface area contributed by atoms with Crippen LogP contribution in [-0.4, -0.2) is 53.7 Å². The van der Waals surface area contributed by atoms with Crippen LogP contribution in [-0.2, 0) is 17.8 Å². The van der Waals surface area contributed by atoms with Crippen molar-refractivity contribution in [3.05, 3.63) is 22.4 Å². The number of hydrogen-bond donors (Lipinski definition) is 1. The molecule has 4 rings (SSSR count). The Labute approximate surface area is 192 Å². The number of amides is 2. The Hall–Kier alpha value is -2.33. The van der Waals surface area contributed by atoms with Crippen molar-refractivity contribution in [1.29, 1.82) is 5.26 Å². The molecule has 1 saturated carbocycles. The first-order valence-electron chi connectivity index (χ1n) is 12.3. The number of fused-ring (bicyclic) bond motifs is 1. The summed E-state index contributed by atoms with van der Waals surface area (Å²) < 4.78 is 5.69. The number of hydrogen-bond acceptors (Lipinski definition) is 5. The first-order chi connectivity index (χ1) is 15.4. The van der Waals surface area contributed by atoms with Gasteiger partial charge in [0.15, 0.2) is 0 Å². The minimum Gasteiger partial charge on any atom is -0.376 e. The zero-order valence-corrected chi connectivity index (χ0v) is 20.0. The highest BCUT2D eigenvalue weighted by molar-refractivity contribution is 5.76. The number of aromatic nitrogens is 1. The quantitative estimate of drug-likeness (QED) is 0.767. The van der Waals surface area contributed by atoms with Gasteiger partial charge < -0.3 is 19.9 Å². The summed E-state index contributed by atoms with van der Waals surface area (Å²) in [5, 5.41) is 13.3. The highest BCUT2D eigenvalue weighted by Crippen LogP contribution is 2.34. The van der Waals surface area contributed by atoms with Crippen LogP contribution in [0.2, 0.25) is 0 Å². The van der Waals surface area contributed by atoms with Gasteiger partial charge in [-0.15, -0.1) is 0 Å². The zero-order chi connectivity index (χ0) is 22.8. The van der Waals surface area contributed by atoms with Gasteiger partial charge >= 0.3 is 6.03 Å². The maximum absolute atomic E-state index is 13.1. The second kappa shape index (κ2) is 9.66. The molecule has 3 aliphatic rings. The summed E-state index contributed by atoms with van der Waals surface area (Å²) in [4.78, 5) is 22.3. The highest BCUT2D eigenvalue weighted by Gasteiger charge is 2.36. The largest absolute Gasteiger partial charge is 0.376 e. The third-order valence-corrected chi connectivity index (χ3v) is 7.21. The molecule has 1 aromatic rings. The van der Waals surface area contributed by atoms with Gasteiger partial charge in [0.05, 0.1) is 24.5 Å². The lowest BCUT2D eigenvalue weighted by Gasteiger charge is -2.45. The van der Waals surface area contributed by atoms with E-state index in [1.54, 1.807) is 0 Å². The Kier molecular flexibility index (Phi) is 6.90. The maximum Gasteiger partial charge on any atom is 0.318 e. The summed E-state index contributed by atoms with van der Waals surface area (Å²) in [6.45, 7) is 11.0. The van der Waals surface area contributed by atoms with E-state index in [4.69, 9.17) is 9.72 Å². The van der Waals surface area contributed by atoms with Crippen LogP contribution in [0, 0.1) is 11.3 Å². The van der Waals surface area contributed by atoms with Gasteiger partial charge in [-0.3, -0.25) is 0 Å². The minimum absolute atomic E-state index is 0.0394. The van der Waals surface area contributed by atoms with Crippen molar-refractivity contribution >= 4 is 11.8 Å². The molecule has 0 radical (unpaired) electrons. The Bertz CT molecular complexity index is 875. The van der Waals surface area contributed by atoms with Crippen LogP contribution >= 0.6 is 0 Å². The van der Waals surface area contributed by atoms with E-state index in [9.17, 15) is 10.1 Å². The number of carbonyl (C=O) groups is 1. The van der Waals surface area contributed by atoms with Crippen LogP contribution in [0.25, 0.3) is 0 Å². The number of anilines is 1. The fourth-order valence-electron chi connectivity index (χ4n) is 5.68. The SMILES string of the molecule is CC(C)c1nc(N2CC(C)N(C(=O)NC3CCCCC3)C(C)C2)c(C#N)c2c1COCC2. The van der Waals surface area contributed by atoms with Gasteiger partial charge in [0.1, 0.15) is 11.9 Å². The Morgan fingerprint density at radius 3 is 2.47 bits per heavy atom. The van der Waals surface area contributed by atoms with E-state index in [1.807, 2.05) is 4.90 Å². The van der Waals surface area contributed by atoms with Crippen molar-refractivity contribution in [2.24, 2.45) is 0 Å². The summed E-state index contributed by atoms with van der Waals surface area (Å²) in [6, 6.07) is 2.89. The smallest absolute Gasteiger partial charge is 0.318 e. The molecular weight excluding hydrogens is 402 g/mol. The molecule has 2 fully saturated rings. The number of urea groups is 1. The number of nitrogens with one attached hydrogen (secondary N) is 1. The molecule has 32 heavy (non-hydrogen) atoms. The molecule has 3 heterocycles. The molecule has 7 heteroatoms. The van der Waals surface area contributed by atoms with Crippen molar-refractivity contribution in [3.8, 4) is 6.07 Å². The highest BCUT2D eigenvalue weighted by atomic mass is 16.5. The molecule has 1 aliphatic carbocycles. The van der Waals surface area contributed by atoms with Crippen LogP contribution < -0.4 is 10.2 Å². The van der Waals surface area contributed by atoms with Crippen LogP contribution in [0.1, 0.15) is 88.1 Å². The topological polar surface area (TPSA) is 81.5 Å². The molecule has 174 valence electrons. The summed E-state index contributed by atoms with van der Waals surface area (Å²) >= 11 is 0. The van der Waals surface area contributed by atoms with Gasteiger partial charge in [0, 0.05) is 36.8 Å². The molecule has 1 aromatic heterocycles. The van der Waals surface area contributed by atoms with E-state index in [0.717, 1.165) is 41.9 Å². The van der Waals surface area contributed by atoms with Crippen molar-refractivity contribution in [2.75, 3.05) is 24.6 Å². The average Bonchev–Trinajstić information content (AvgIpc) is 2.77. The standard InChI is InChI=1S/C25H37N5O2/c1-16(2)23-22-15-32-11-10-20(22)21(12-26)24(28-23)29-13-17(3)30(18(4)14-29)25(31)27-19-8-6-5-7-9-19/h16-19H,5-11,13-15H2,1-4H3,(H,27,31). The first kappa shape index (κ1) is 22.8. The van der Waals surface area contributed by atoms with Crippen molar-refractivity contribution in [1.82, 2.24) is 15.2 Å². The minimum atomic E-state index is 0.0394. The van der Waals surface area contributed by atoms with Crippen molar-refractivity contribution in [2.45, 2.75) is 96.9 Å². The molecular formula is C25H37N5O2. The van der Waals surface area contributed by atoms with Gasteiger partial charge in [-0.2, -0.15) is 5.26 Å². The lowest BCUT2D eigenvalue weighted by Crippen LogP contribution is -2.62. The second-order valence-electron chi connectivity index (χ2n) is 10.0. The van der Waals surface area contributed by atoms with Gasteiger partial charge in [0.2, 0.25) is 0 Å². The monoisotopic (exact) mass is 439 g/mol. The molecule has 0 spiro atoms. The fourth-order valence-corrected chi connectivity index (χ4v) is 5.68. The lowest BCUT2D eigenvalue weighted by molar-refractivity contribution is 0.109. The van der Waals surface area contributed by atoms with Crippen molar-refractivity contribution < 1.29 is 9.53 Å². The van der Waals surface area contributed by atoms with Crippen LogP contribution in [0.4, 0.5) is 10.6 Å². The maximum atomic E-state index is 13.1. The molecule has 1 N–H and O–H groups in total. The number of ether oxygens (including phenoxy) is 1. The summed E-state index contributed by atoms with van der Waals surface area (Å²) in [7, 11) is 0. The predicted octanol–water partition coefficient (Wildman–Crippen LogP) is 4.09. The number of carbonyl (C=O) groups excluding carboxylic acids is 1. The molecule has 2 aliphatic heterocycles. The molecule has 0 bridgehead atoms. The second-order valence-corrected chi connectivity index (χ2v) is 10.0. The van der Waals surface area contributed by atoms with Crippen LogP contribution in [0.5, 0.6) is 0 Å². The Balaban J connectivity index is 1.57. The lowest BCUT2D eigenvalue weighted by atomic mass is 9.92. The van der Waals surface area contributed by atoms with Crippen molar-refractivity contribution in [3.63, 3.8) is 0 Å². The van der Waals surface area contributed by atoms with Crippen LogP contribution in [0.3, 0.4) is 0 Å².